The van der Waals surface area contributed by atoms with E-state index in [4.69, 9.17) is 4.74 Å². The van der Waals surface area contributed by atoms with Gasteiger partial charge in [-0.1, -0.05) is 24.3 Å². The standard InChI is InChI=1S/C19H19N3O2/c1-13-6-7-18-21-16(11-22(18)10-13)9-20-19(23)15-8-14-4-2-3-5-17(14)24-12-15/h2-7,10-11,15H,8-9,12H2,1H3,(H,20,23)/t15-/m0/s1. The van der Waals surface area contributed by atoms with Crippen molar-refractivity contribution in [3.8, 4) is 5.75 Å². The molecule has 5 heteroatoms. The predicted octanol–water partition coefficient (Wildman–Crippen LogP) is 2.51. The van der Waals surface area contributed by atoms with Crippen molar-refractivity contribution in [1.29, 1.82) is 0 Å². The molecule has 0 unspecified atom stereocenters. The molecule has 0 aliphatic carbocycles. The number of ether oxygens (including phenoxy) is 1. The van der Waals surface area contributed by atoms with Gasteiger partial charge in [0.1, 0.15) is 18.0 Å². The van der Waals surface area contributed by atoms with E-state index in [1.807, 2.05) is 60.1 Å². The maximum Gasteiger partial charge on any atom is 0.227 e. The fourth-order valence-corrected chi connectivity index (χ4v) is 3.06. The Hall–Kier alpha value is -2.82. The van der Waals surface area contributed by atoms with Gasteiger partial charge in [-0.3, -0.25) is 4.79 Å². The minimum absolute atomic E-state index is 0.0118. The predicted molar refractivity (Wildman–Crippen MR) is 90.9 cm³/mol. The number of aromatic nitrogens is 2. The van der Waals surface area contributed by atoms with Crippen molar-refractivity contribution in [3.05, 3.63) is 65.6 Å². The number of benzene rings is 1. The summed E-state index contributed by atoms with van der Waals surface area (Å²) < 4.78 is 7.67. The van der Waals surface area contributed by atoms with Crippen LogP contribution in [0.25, 0.3) is 5.65 Å². The Morgan fingerprint density at radius 3 is 3.08 bits per heavy atom. The minimum Gasteiger partial charge on any atom is -0.492 e. The first kappa shape index (κ1) is 14.8. The fraction of sp³-hybridized carbons (Fsp3) is 0.263. The summed E-state index contributed by atoms with van der Waals surface area (Å²) in [5.41, 5.74) is 4.01. The van der Waals surface area contributed by atoms with Crippen molar-refractivity contribution in [1.82, 2.24) is 14.7 Å². The Bertz CT molecular complexity index is 901. The van der Waals surface area contributed by atoms with Gasteiger partial charge in [-0.05, 0) is 36.6 Å². The van der Waals surface area contributed by atoms with Gasteiger partial charge >= 0.3 is 0 Å². The third-order valence-corrected chi connectivity index (χ3v) is 4.34. The van der Waals surface area contributed by atoms with Gasteiger partial charge in [-0.25, -0.2) is 4.98 Å². The average molecular weight is 321 g/mol. The van der Waals surface area contributed by atoms with Crippen LogP contribution < -0.4 is 10.1 Å². The highest BCUT2D eigenvalue weighted by Crippen LogP contribution is 2.26. The van der Waals surface area contributed by atoms with Crippen molar-refractivity contribution >= 4 is 11.6 Å². The van der Waals surface area contributed by atoms with Crippen LogP contribution in [-0.2, 0) is 17.8 Å². The molecule has 0 bridgehead atoms. The molecular weight excluding hydrogens is 302 g/mol. The molecule has 1 aliphatic heterocycles. The Morgan fingerprint density at radius 2 is 2.17 bits per heavy atom. The van der Waals surface area contributed by atoms with Crippen LogP contribution in [0.1, 0.15) is 16.8 Å². The molecule has 3 aromatic rings. The van der Waals surface area contributed by atoms with Gasteiger partial charge in [0.15, 0.2) is 0 Å². The summed E-state index contributed by atoms with van der Waals surface area (Å²) in [6, 6.07) is 11.9. The first-order valence-corrected chi connectivity index (χ1v) is 8.12. The van der Waals surface area contributed by atoms with E-state index in [9.17, 15) is 4.79 Å². The third-order valence-electron chi connectivity index (χ3n) is 4.34. The highest BCUT2D eigenvalue weighted by Gasteiger charge is 2.25. The van der Waals surface area contributed by atoms with E-state index >= 15 is 0 Å². The number of pyridine rings is 1. The number of nitrogens with zero attached hydrogens (tertiary/aromatic N) is 2. The molecule has 0 radical (unpaired) electrons. The minimum atomic E-state index is -0.154. The number of nitrogens with one attached hydrogen (secondary N) is 1. The van der Waals surface area contributed by atoms with Crippen LogP contribution in [0.3, 0.4) is 0 Å². The molecule has 4 rings (SSSR count). The van der Waals surface area contributed by atoms with E-state index in [0.717, 1.165) is 22.7 Å². The normalized spacial score (nSPS) is 16.5. The fourth-order valence-electron chi connectivity index (χ4n) is 3.06. The van der Waals surface area contributed by atoms with Gasteiger partial charge in [-0.2, -0.15) is 0 Å². The zero-order chi connectivity index (χ0) is 16.5. The van der Waals surface area contributed by atoms with Crippen molar-refractivity contribution in [2.75, 3.05) is 6.61 Å². The van der Waals surface area contributed by atoms with Crippen LogP contribution in [0.5, 0.6) is 5.75 Å². The molecule has 1 atom stereocenters. The summed E-state index contributed by atoms with van der Waals surface area (Å²) in [6.45, 7) is 2.90. The molecule has 1 amide bonds. The Labute approximate surface area is 140 Å². The Kier molecular flexibility index (Phi) is 3.69. The number of hydrogen-bond donors (Lipinski definition) is 1. The molecule has 0 fully saturated rings. The molecule has 3 heterocycles. The van der Waals surface area contributed by atoms with Crippen molar-refractivity contribution in [3.63, 3.8) is 0 Å². The van der Waals surface area contributed by atoms with Crippen LogP contribution in [-0.4, -0.2) is 21.9 Å². The highest BCUT2D eigenvalue weighted by atomic mass is 16.5. The van der Waals surface area contributed by atoms with E-state index in [1.54, 1.807) is 0 Å². The van der Waals surface area contributed by atoms with E-state index < -0.39 is 0 Å². The lowest BCUT2D eigenvalue weighted by Crippen LogP contribution is -2.37. The summed E-state index contributed by atoms with van der Waals surface area (Å²) >= 11 is 0. The van der Waals surface area contributed by atoms with E-state index in [2.05, 4.69) is 10.3 Å². The Balaban J connectivity index is 1.41. The second-order valence-electron chi connectivity index (χ2n) is 6.24. The van der Waals surface area contributed by atoms with Crippen LogP contribution >= 0.6 is 0 Å². The van der Waals surface area contributed by atoms with Gasteiger partial charge in [0.25, 0.3) is 0 Å². The van der Waals surface area contributed by atoms with Crippen molar-refractivity contribution < 1.29 is 9.53 Å². The molecule has 2 aromatic heterocycles. The topological polar surface area (TPSA) is 55.6 Å². The van der Waals surface area contributed by atoms with E-state index in [-0.39, 0.29) is 11.8 Å². The molecule has 1 aliphatic rings. The third kappa shape index (κ3) is 2.85. The van der Waals surface area contributed by atoms with Gasteiger partial charge < -0.3 is 14.5 Å². The van der Waals surface area contributed by atoms with Crippen LogP contribution in [0.15, 0.2) is 48.8 Å². The number of carbonyl (C=O) groups excluding carboxylic acids is 1. The molecule has 0 saturated carbocycles. The van der Waals surface area contributed by atoms with Gasteiger partial charge in [-0.15, -0.1) is 0 Å². The summed E-state index contributed by atoms with van der Waals surface area (Å²) in [5.74, 6) is 0.745. The lowest BCUT2D eigenvalue weighted by atomic mass is 9.96. The molecule has 5 nitrogen and oxygen atoms in total. The van der Waals surface area contributed by atoms with Gasteiger partial charge in [0, 0.05) is 12.4 Å². The maximum atomic E-state index is 12.4. The van der Waals surface area contributed by atoms with E-state index in [0.29, 0.717) is 19.6 Å². The van der Waals surface area contributed by atoms with E-state index in [1.165, 1.54) is 5.56 Å². The number of fused-ring (bicyclic) bond motifs is 2. The monoisotopic (exact) mass is 321 g/mol. The number of amides is 1. The van der Waals surface area contributed by atoms with Gasteiger partial charge in [0.05, 0.1) is 18.2 Å². The summed E-state index contributed by atoms with van der Waals surface area (Å²) in [7, 11) is 0. The quantitative estimate of drug-likeness (QED) is 0.806. The lowest BCUT2D eigenvalue weighted by Gasteiger charge is -2.24. The number of aryl methyl sites for hydroxylation is 1. The number of imidazole rings is 1. The molecule has 24 heavy (non-hydrogen) atoms. The number of hydrogen-bond acceptors (Lipinski definition) is 3. The molecule has 1 N–H and O–H groups in total. The number of para-hydroxylation sites is 1. The van der Waals surface area contributed by atoms with Crippen LogP contribution in [0.4, 0.5) is 0 Å². The largest absolute Gasteiger partial charge is 0.492 e. The van der Waals surface area contributed by atoms with Crippen molar-refractivity contribution in [2.24, 2.45) is 5.92 Å². The average Bonchev–Trinajstić information content (AvgIpc) is 3.01. The lowest BCUT2D eigenvalue weighted by molar-refractivity contribution is -0.126. The molecule has 0 saturated heterocycles. The van der Waals surface area contributed by atoms with Gasteiger partial charge in [0.2, 0.25) is 5.91 Å². The first-order chi connectivity index (χ1) is 11.7. The second kappa shape index (κ2) is 6.00. The molecular formula is C19H19N3O2. The van der Waals surface area contributed by atoms with Crippen LogP contribution in [0.2, 0.25) is 0 Å². The highest BCUT2D eigenvalue weighted by molar-refractivity contribution is 5.79. The summed E-state index contributed by atoms with van der Waals surface area (Å²) in [5, 5.41) is 2.98. The smallest absolute Gasteiger partial charge is 0.227 e. The SMILES string of the molecule is Cc1ccc2nc(CNC(=O)[C@@H]3COc4ccccc4C3)cn2c1. The molecule has 1 aromatic carbocycles. The first-order valence-electron chi connectivity index (χ1n) is 8.12. The molecule has 122 valence electrons. The summed E-state index contributed by atoms with van der Waals surface area (Å²) in [4.78, 5) is 16.9. The zero-order valence-corrected chi connectivity index (χ0v) is 13.5. The van der Waals surface area contributed by atoms with Crippen molar-refractivity contribution in [2.45, 2.75) is 19.9 Å². The summed E-state index contributed by atoms with van der Waals surface area (Å²) in [6.07, 6.45) is 4.70. The second-order valence-corrected chi connectivity index (χ2v) is 6.24. The zero-order valence-electron chi connectivity index (χ0n) is 13.5. The number of carbonyl (C=O) groups is 1. The van der Waals surface area contributed by atoms with Crippen LogP contribution in [0, 0.1) is 12.8 Å². The maximum absolute atomic E-state index is 12.4. The molecule has 0 spiro atoms. The Morgan fingerprint density at radius 1 is 1.29 bits per heavy atom. The number of rotatable bonds is 3.